The van der Waals surface area contributed by atoms with E-state index in [1.807, 2.05) is 0 Å². The Morgan fingerprint density at radius 3 is 2.56 bits per heavy atom. The second kappa shape index (κ2) is 7.68. The van der Waals surface area contributed by atoms with Crippen LogP contribution in [0.3, 0.4) is 0 Å². The molecule has 3 aliphatic rings. The summed E-state index contributed by atoms with van der Waals surface area (Å²) >= 11 is 6.26. The number of carbonyl (C=O) groups excluding carboxylic acids is 2. The van der Waals surface area contributed by atoms with Gasteiger partial charge in [-0.1, -0.05) is 17.7 Å². The largest absolute Gasteiger partial charge is 0.414 e. The maximum absolute atomic E-state index is 13.9. The van der Waals surface area contributed by atoms with E-state index >= 15 is 0 Å². The number of hydrogen-bond donors (Lipinski definition) is 3. The number of halogens is 5. The van der Waals surface area contributed by atoms with Gasteiger partial charge in [-0.2, -0.15) is 13.2 Å². The van der Waals surface area contributed by atoms with Crippen LogP contribution in [0.4, 0.5) is 23.2 Å². The number of rotatable bonds is 4. The first-order valence-corrected chi connectivity index (χ1v) is 11.3. The first kappa shape index (κ1) is 23.1. The van der Waals surface area contributed by atoms with E-state index < -0.39 is 46.8 Å². The van der Waals surface area contributed by atoms with Gasteiger partial charge in [-0.3, -0.25) is 9.59 Å². The topological polar surface area (TPSA) is 78.4 Å². The molecule has 2 unspecified atom stereocenters. The summed E-state index contributed by atoms with van der Waals surface area (Å²) in [6.45, 7) is 0. The lowest BCUT2D eigenvalue weighted by Gasteiger charge is -2.33. The summed E-state index contributed by atoms with van der Waals surface area (Å²) in [4.78, 5) is 26.0. The van der Waals surface area contributed by atoms with Gasteiger partial charge in [0.1, 0.15) is 5.82 Å². The van der Waals surface area contributed by atoms with Gasteiger partial charge >= 0.3 is 6.18 Å². The molecule has 10 heteroatoms. The van der Waals surface area contributed by atoms with Gasteiger partial charge in [-0.25, -0.2) is 4.39 Å². The summed E-state index contributed by atoms with van der Waals surface area (Å²) in [7, 11) is 0. The van der Waals surface area contributed by atoms with Crippen LogP contribution in [0.15, 0.2) is 36.4 Å². The molecule has 5 rings (SSSR count). The summed E-state index contributed by atoms with van der Waals surface area (Å²) in [5.41, 5.74) is -1.05. The van der Waals surface area contributed by atoms with Crippen LogP contribution >= 0.6 is 11.6 Å². The van der Waals surface area contributed by atoms with Crippen LogP contribution in [0, 0.1) is 16.6 Å². The highest BCUT2D eigenvalue weighted by Gasteiger charge is 2.65. The molecule has 2 aromatic carbocycles. The van der Waals surface area contributed by atoms with Crippen LogP contribution in [0.5, 0.6) is 0 Å². The summed E-state index contributed by atoms with van der Waals surface area (Å²) in [6.07, 6.45) is -6.60. The van der Waals surface area contributed by atoms with Crippen LogP contribution in [0.25, 0.3) is 0 Å². The van der Waals surface area contributed by atoms with Crippen LogP contribution in [-0.2, 0) is 4.79 Å². The molecular weight excluding hydrogens is 476 g/mol. The van der Waals surface area contributed by atoms with E-state index in [1.165, 1.54) is 18.2 Å². The molecule has 2 aliphatic carbocycles. The second-order valence-electron chi connectivity index (χ2n) is 9.56. The van der Waals surface area contributed by atoms with E-state index in [9.17, 15) is 32.3 Å². The first-order valence-electron chi connectivity index (χ1n) is 10.9. The van der Waals surface area contributed by atoms with Crippen LogP contribution < -0.4 is 10.6 Å². The number of aliphatic hydroxyl groups is 1. The summed E-state index contributed by atoms with van der Waals surface area (Å²) in [6, 6.07) is 7.72. The van der Waals surface area contributed by atoms with Crippen molar-refractivity contribution < 1.29 is 32.3 Å². The standard InChI is InChI=1S/C24H21ClF4N2O3/c25-15-5-4-12(26)10-14(15)18-17-13(19(32)31-18)2-1-3-16(17)30-21(34)23-8-6-22(11-23,7-9-23)20(33)24(27,28)29/h1-5,10,18,20,33H,6-9,11H2,(H,30,34)(H,31,32). The number of alkyl halides is 3. The molecular formula is C24H21ClF4N2O3. The normalized spacial score (nSPS) is 28.5. The molecule has 3 N–H and O–H groups in total. The van der Waals surface area contributed by atoms with Crippen molar-refractivity contribution in [3.05, 3.63) is 63.9 Å². The van der Waals surface area contributed by atoms with Gasteiger partial charge in [-0.15, -0.1) is 0 Å². The lowest BCUT2D eigenvalue weighted by atomic mass is 9.78. The summed E-state index contributed by atoms with van der Waals surface area (Å²) in [5.74, 6) is -1.40. The molecule has 180 valence electrons. The summed E-state index contributed by atoms with van der Waals surface area (Å²) in [5, 5.41) is 15.8. The van der Waals surface area contributed by atoms with Gasteiger partial charge in [-0.05, 0) is 62.4 Å². The van der Waals surface area contributed by atoms with Gasteiger partial charge < -0.3 is 15.7 Å². The molecule has 2 atom stereocenters. The van der Waals surface area contributed by atoms with Crippen molar-refractivity contribution in [2.75, 3.05) is 5.32 Å². The average molecular weight is 497 g/mol. The van der Waals surface area contributed by atoms with Gasteiger partial charge in [0, 0.05) is 32.8 Å². The maximum atomic E-state index is 13.9. The number of benzene rings is 2. The minimum absolute atomic E-state index is 0.0577. The molecule has 2 aromatic rings. The predicted octanol–water partition coefficient (Wildman–Crippen LogP) is 5.12. The molecule has 2 fully saturated rings. The highest BCUT2D eigenvalue weighted by Crippen LogP contribution is 2.65. The van der Waals surface area contributed by atoms with Crippen molar-refractivity contribution in [1.82, 2.24) is 5.32 Å². The van der Waals surface area contributed by atoms with E-state index in [1.54, 1.807) is 18.2 Å². The first-order chi connectivity index (χ1) is 16.0. The molecule has 2 saturated carbocycles. The Bertz CT molecular complexity index is 1190. The van der Waals surface area contributed by atoms with E-state index in [0.29, 0.717) is 22.4 Å². The molecule has 0 radical (unpaired) electrons. The number of aliphatic hydroxyl groups excluding tert-OH is 1. The highest BCUT2D eigenvalue weighted by molar-refractivity contribution is 6.31. The van der Waals surface area contributed by atoms with Gasteiger partial charge in [0.05, 0.1) is 11.5 Å². The van der Waals surface area contributed by atoms with E-state index in [0.717, 1.165) is 0 Å². The third-order valence-electron chi connectivity index (χ3n) is 7.70. The minimum Gasteiger partial charge on any atom is -0.383 e. The van der Waals surface area contributed by atoms with Crippen molar-refractivity contribution in [2.24, 2.45) is 10.8 Å². The fraction of sp³-hybridized carbons (Fsp3) is 0.417. The molecule has 1 aliphatic heterocycles. The lowest BCUT2D eigenvalue weighted by Crippen LogP contribution is -2.42. The highest BCUT2D eigenvalue weighted by atomic mass is 35.5. The monoisotopic (exact) mass is 496 g/mol. The number of amides is 2. The Morgan fingerprint density at radius 1 is 1.18 bits per heavy atom. The molecule has 0 saturated heterocycles. The van der Waals surface area contributed by atoms with E-state index in [4.69, 9.17) is 11.6 Å². The smallest absolute Gasteiger partial charge is 0.383 e. The molecule has 2 bridgehead atoms. The van der Waals surface area contributed by atoms with Gasteiger partial charge in [0.2, 0.25) is 5.91 Å². The Hall–Kier alpha value is -2.65. The second-order valence-corrected chi connectivity index (χ2v) is 9.96. The third-order valence-corrected chi connectivity index (χ3v) is 8.04. The van der Waals surface area contributed by atoms with Gasteiger partial charge in [0.15, 0.2) is 6.10 Å². The number of anilines is 1. The number of hydrogen-bond acceptors (Lipinski definition) is 3. The molecule has 34 heavy (non-hydrogen) atoms. The number of carbonyl (C=O) groups is 2. The van der Waals surface area contributed by atoms with E-state index in [2.05, 4.69) is 10.6 Å². The minimum atomic E-state index is -4.75. The molecule has 0 spiro atoms. The zero-order valence-corrected chi connectivity index (χ0v) is 18.6. The molecule has 2 amide bonds. The Kier molecular flexibility index (Phi) is 5.22. The molecule has 1 heterocycles. The van der Waals surface area contributed by atoms with Gasteiger partial charge in [0.25, 0.3) is 5.91 Å². The maximum Gasteiger partial charge on any atom is 0.414 e. The van der Waals surface area contributed by atoms with Crippen molar-refractivity contribution in [2.45, 2.75) is 50.4 Å². The lowest BCUT2D eigenvalue weighted by molar-refractivity contribution is -0.238. The molecule has 0 aromatic heterocycles. The van der Waals surface area contributed by atoms with Crippen LogP contribution in [0.1, 0.15) is 59.6 Å². The Labute approximate surface area is 197 Å². The Morgan fingerprint density at radius 2 is 1.88 bits per heavy atom. The summed E-state index contributed by atoms with van der Waals surface area (Å²) < 4.78 is 53.7. The predicted molar refractivity (Wildman–Crippen MR) is 116 cm³/mol. The van der Waals surface area contributed by atoms with Crippen molar-refractivity contribution in [1.29, 1.82) is 0 Å². The quantitative estimate of drug-likeness (QED) is 0.514. The third kappa shape index (κ3) is 3.48. The fourth-order valence-electron chi connectivity index (χ4n) is 5.97. The fourth-order valence-corrected chi connectivity index (χ4v) is 6.19. The number of nitrogens with one attached hydrogen (secondary N) is 2. The Balaban J connectivity index is 1.46. The van der Waals surface area contributed by atoms with Crippen molar-refractivity contribution in [3.8, 4) is 0 Å². The zero-order chi connectivity index (χ0) is 24.5. The van der Waals surface area contributed by atoms with Crippen LogP contribution in [0.2, 0.25) is 5.02 Å². The SMILES string of the molecule is O=C1NC(c2cc(F)ccc2Cl)c2c(NC(=O)C34CCC(C(O)C(F)(F)F)(CC3)C4)cccc21. The zero-order valence-electron chi connectivity index (χ0n) is 17.8. The van der Waals surface area contributed by atoms with Crippen molar-refractivity contribution >= 4 is 29.1 Å². The number of fused-ring (bicyclic) bond motifs is 3. The van der Waals surface area contributed by atoms with Crippen LogP contribution in [-0.4, -0.2) is 29.2 Å². The van der Waals surface area contributed by atoms with Crippen molar-refractivity contribution in [3.63, 3.8) is 0 Å². The molecule has 5 nitrogen and oxygen atoms in total. The average Bonchev–Trinajstić information content (AvgIpc) is 3.47. The van der Waals surface area contributed by atoms with E-state index in [-0.39, 0.29) is 37.1 Å².